The van der Waals surface area contributed by atoms with Crippen LogP contribution in [0.1, 0.15) is 19.7 Å². The fraction of sp³-hybridized carbons (Fsp3) is 0.500. The molecule has 1 aliphatic heterocycles. The van der Waals surface area contributed by atoms with E-state index in [2.05, 4.69) is 25.3 Å². The second-order valence-corrected chi connectivity index (χ2v) is 6.78. The van der Waals surface area contributed by atoms with Crippen LogP contribution in [0.2, 0.25) is 0 Å². The van der Waals surface area contributed by atoms with Gasteiger partial charge < -0.3 is 9.73 Å². The number of rotatable bonds is 6. The molecule has 140 valence electrons. The van der Waals surface area contributed by atoms with Crippen LogP contribution in [0.5, 0.6) is 0 Å². The fourth-order valence-corrected chi connectivity index (χ4v) is 2.89. The number of carbonyl (C=O) groups is 1. The van der Waals surface area contributed by atoms with E-state index in [0.29, 0.717) is 30.4 Å². The zero-order chi connectivity index (χ0) is 18.5. The Morgan fingerprint density at radius 3 is 2.46 bits per heavy atom. The normalized spacial score (nSPS) is 16.2. The molecule has 2 aromatic rings. The van der Waals surface area contributed by atoms with Gasteiger partial charge in [0, 0.05) is 37.8 Å². The number of hydrogen-bond donors (Lipinski definition) is 1. The third kappa shape index (κ3) is 5.09. The minimum Gasteiger partial charge on any atom is -0.419 e. The molecule has 2 heterocycles. The first-order chi connectivity index (χ1) is 12.5. The molecule has 0 saturated carbocycles. The molecule has 8 heteroatoms. The number of carbonyl (C=O) groups excluding carboxylic acids is 1. The number of nitrogens with zero attached hydrogens (tertiary/aromatic N) is 4. The Labute approximate surface area is 152 Å². The summed E-state index contributed by atoms with van der Waals surface area (Å²) in [4.78, 5) is 16.2. The molecule has 0 atom stereocenters. The predicted octanol–water partition coefficient (Wildman–Crippen LogP) is 1.52. The summed E-state index contributed by atoms with van der Waals surface area (Å²) < 4.78 is 18.7. The van der Waals surface area contributed by atoms with Crippen molar-refractivity contribution < 1.29 is 13.6 Å². The second kappa shape index (κ2) is 8.37. The van der Waals surface area contributed by atoms with Crippen LogP contribution in [-0.4, -0.2) is 64.7 Å². The van der Waals surface area contributed by atoms with Crippen molar-refractivity contribution in [2.75, 3.05) is 32.7 Å². The van der Waals surface area contributed by atoms with Gasteiger partial charge in [-0.05, 0) is 38.1 Å². The molecule has 0 unspecified atom stereocenters. The van der Waals surface area contributed by atoms with E-state index in [4.69, 9.17) is 4.42 Å². The number of amides is 1. The fourth-order valence-electron chi connectivity index (χ4n) is 2.89. The zero-order valence-corrected chi connectivity index (χ0v) is 15.1. The Morgan fingerprint density at radius 2 is 1.81 bits per heavy atom. The van der Waals surface area contributed by atoms with Gasteiger partial charge in [-0.1, -0.05) is 0 Å². The largest absolute Gasteiger partial charge is 0.419 e. The highest BCUT2D eigenvalue weighted by Gasteiger charge is 2.21. The lowest BCUT2D eigenvalue weighted by atomic mass is 10.2. The smallest absolute Gasteiger partial charge is 0.247 e. The van der Waals surface area contributed by atoms with Crippen molar-refractivity contribution >= 4 is 5.91 Å². The zero-order valence-electron chi connectivity index (χ0n) is 15.1. The van der Waals surface area contributed by atoms with Crippen LogP contribution < -0.4 is 5.32 Å². The molecular formula is C18H24FN5O2. The average Bonchev–Trinajstić information content (AvgIpc) is 3.05. The van der Waals surface area contributed by atoms with Crippen LogP contribution in [0.3, 0.4) is 0 Å². The van der Waals surface area contributed by atoms with Gasteiger partial charge >= 0.3 is 0 Å². The second-order valence-electron chi connectivity index (χ2n) is 6.78. The first kappa shape index (κ1) is 18.5. The van der Waals surface area contributed by atoms with Crippen LogP contribution in [0.4, 0.5) is 4.39 Å². The molecule has 7 nitrogen and oxygen atoms in total. The number of hydrogen-bond acceptors (Lipinski definition) is 6. The average molecular weight is 361 g/mol. The van der Waals surface area contributed by atoms with Crippen molar-refractivity contribution in [1.29, 1.82) is 0 Å². The summed E-state index contributed by atoms with van der Waals surface area (Å²) in [5.74, 6) is 0.696. The maximum Gasteiger partial charge on any atom is 0.247 e. The maximum absolute atomic E-state index is 13.0. The van der Waals surface area contributed by atoms with E-state index in [1.54, 1.807) is 12.1 Å². The first-order valence-corrected chi connectivity index (χ1v) is 8.82. The van der Waals surface area contributed by atoms with Crippen molar-refractivity contribution in [3.63, 3.8) is 0 Å². The highest BCUT2D eigenvalue weighted by molar-refractivity contribution is 5.78. The van der Waals surface area contributed by atoms with Gasteiger partial charge in [0.1, 0.15) is 5.82 Å². The minimum atomic E-state index is -0.298. The molecule has 0 bridgehead atoms. The van der Waals surface area contributed by atoms with E-state index in [-0.39, 0.29) is 17.8 Å². The third-order valence-corrected chi connectivity index (χ3v) is 4.20. The molecule has 1 saturated heterocycles. The summed E-state index contributed by atoms with van der Waals surface area (Å²) >= 11 is 0. The highest BCUT2D eigenvalue weighted by Crippen LogP contribution is 2.19. The topological polar surface area (TPSA) is 74.5 Å². The van der Waals surface area contributed by atoms with Crippen LogP contribution in [0.25, 0.3) is 11.5 Å². The summed E-state index contributed by atoms with van der Waals surface area (Å²) in [5.41, 5.74) is 0.700. The van der Waals surface area contributed by atoms with Crippen molar-refractivity contribution in [3.05, 3.63) is 36.0 Å². The molecule has 26 heavy (non-hydrogen) atoms. The van der Waals surface area contributed by atoms with E-state index in [1.165, 1.54) is 12.1 Å². The van der Waals surface area contributed by atoms with Gasteiger partial charge in [-0.15, -0.1) is 10.2 Å². The Hall–Kier alpha value is -2.32. The SMILES string of the molecule is CC(C)NC(=O)CN1CCN(Cc2nnc(-c3ccc(F)cc3)o2)CC1. The Morgan fingerprint density at radius 1 is 1.15 bits per heavy atom. The summed E-state index contributed by atoms with van der Waals surface area (Å²) in [7, 11) is 0. The van der Waals surface area contributed by atoms with Gasteiger partial charge in [-0.3, -0.25) is 14.6 Å². The monoisotopic (exact) mass is 361 g/mol. The lowest BCUT2D eigenvalue weighted by Gasteiger charge is -2.33. The van der Waals surface area contributed by atoms with E-state index >= 15 is 0 Å². The van der Waals surface area contributed by atoms with E-state index < -0.39 is 0 Å². The van der Waals surface area contributed by atoms with Crippen LogP contribution in [0, 0.1) is 5.82 Å². The van der Waals surface area contributed by atoms with Crippen LogP contribution >= 0.6 is 0 Å². The Balaban J connectivity index is 1.48. The number of piperazine rings is 1. The van der Waals surface area contributed by atoms with Crippen molar-refractivity contribution in [2.24, 2.45) is 0 Å². The van der Waals surface area contributed by atoms with E-state index in [1.807, 2.05) is 13.8 Å². The molecule has 1 aromatic heterocycles. The van der Waals surface area contributed by atoms with Gasteiger partial charge in [0.25, 0.3) is 0 Å². The molecule has 0 radical (unpaired) electrons. The van der Waals surface area contributed by atoms with E-state index in [0.717, 1.165) is 26.2 Å². The van der Waals surface area contributed by atoms with Crippen LogP contribution in [-0.2, 0) is 11.3 Å². The predicted molar refractivity (Wildman–Crippen MR) is 94.7 cm³/mol. The molecule has 0 spiro atoms. The molecule has 1 aliphatic rings. The number of nitrogens with one attached hydrogen (secondary N) is 1. The van der Waals surface area contributed by atoms with E-state index in [9.17, 15) is 9.18 Å². The van der Waals surface area contributed by atoms with Crippen molar-refractivity contribution in [3.8, 4) is 11.5 Å². The van der Waals surface area contributed by atoms with Crippen molar-refractivity contribution in [2.45, 2.75) is 26.4 Å². The number of halogens is 1. The number of aromatic nitrogens is 2. The molecule has 3 rings (SSSR count). The molecule has 1 fully saturated rings. The standard InChI is InChI=1S/C18H24FN5O2/c1-13(2)20-16(25)11-23-7-9-24(10-8-23)12-17-21-22-18(26-17)14-3-5-15(19)6-4-14/h3-6,13H,7-12H2,1-2H3,(H,20,25). The van der Waals surface area contributed by atoms with Gasteiger partial charge in [0.05, 0.1) is 13.1 Å². The van der Waals surface area contributed by atoms with Gasteiger partial charge in [-0.2, -0.15) is 0 Å². The lowest BCUT2D eigenvalue weighted by molar-refractivity contribution is -0.123. The third-order valence-electron chi connectivity index (χ3n) is 4.20. The van der Waals surface area contributed by atoms with Crippen molar-refractivity contribution in [1.82, 2.24) is 25.3 Å². The molecule has 1 N–H and O–H groups in total. The summed E-state index contributed by atoms with van der Waals surface area (Å²) in [6.07, 6.45) is 0. The number of benzene rings is 1. The summed E-state index contributed by atoms with van der Waals surface area (Å²) in [6.45, 7) is 8.24. The minimum absolute atomic E-state index is 0.0642. The first-order valence-electron chi connectivity index (χ1n) is 8.82. The Bertz CT molecular complexity index is 723. The maximum atomic E-state index is 13.0. The molecular weight excluding hydrogens is 337 g/mol. The van der Waals surface area contributed by atoms with Crippen LogP contribution in [0.15, 0.2) is 28.7 Å². The van der Waals surface area contributed by atoms with Gasteiger partial charge in [0.2, 0.25) is 17.7 Å². The molecule has 0 aliphatic carbocycles. The molecule has 1 aromatic carbocycles. The van der Waals surface area contributed by atoms with Gasteiger partial charge in [-0.25, -0.2) is 4.39 Å². The highest BCUT2D eigenvalue weighted by atomic mass is 19.1. The Kier molecular flexibility index (Phi) is 5.95. The molecule has 1 amide bonds. The quantitative estimate of drug-likeness (QED) is 0.841. The summed E-state index contributed by atoms with van der Waals surface area (Å²) in [6, 6.07) is 6.14. The van der Waals surface area contributed by atoms with Gasteiger partial charge in [0.15, 0.2) is 0 Å². The lowest BCUT2D eigenvalue weighted by Crippen LogP contribution is -2.49. The summed E-state index contributed by atoms with van der Waals surface area (Å²) in [5, 5.41) is 11.0.